The van der Waals surface area contributed by atoms with E-state index in [-0.39, 0.29) is 11.5 Å². The van der Waals surface area contributed by atoms with E-state index >= 15 is 0 Å². The van der Waals surface area contributed by atoms with Gasteiger partial charge in [-0.2, -0.15) is 0 Å². The van der Waals surface area contributed by atoms with Crippen LogP contribution in [0.1, 0.15) is 24.1 Å². The van der Waals surface area contributed by atoms with Crippen LogP contribution < -0.4 is 24.9 Å². The number of hydrogen-bond donors (Lipinski definition) is 2. The number of nitrogens with zero attached hydrogens (tertiary/aromatic N) is 2. The van der Waals surface area contributed by atoms with E-state index in [2.05, 4.69) is 26.2 Å². The number of carboxylic acid groups (broad SMARTS) is 1. The van der Waals surface area contributed by atoms with E-state index in [1.165, 1.54) is 15.9 Å². The van der Waals surface area contributed by atoms with Crippen LogP contribution in [-0.4, -0.2) is 28.2 Å². The van der Waals surface area contributed by atoms with Gasteiger partial charge in [0.1, 0.15) is 5.75 Å². The molecule has 40 heavy (non-hydrogen) atoms. The number of ether oxygens (including phenoxy) is 1. The molecule has 0 aliphatic carbocycles. The SMILES string of the molecule is CC1=C(C(=O)Nc2ccccc2)[C@@H](c2ccc(Cl)cc2)n2c(s/c(=C/c3ccc(OCC(=O)O)c(Br)c3)c2=O)=N1. The first kappa shape index (κ1) is 27.6. The van der Waals surface area contributed by atoms with E-state index in [4.69, 9.17) is 21.4 Å². The Morgan fingerprint density at radius 2 is 1.88 bits per heavy atom. The molecule has 0 fully saturated rings. The van der Waals surface area contributed by atoms with Gasteiger partial charge in [0.05, 0.1) is 26.3 Å². The van der Waals surface area contributed by atoms with Gasteiger partial charge < -0.3 is 15.2 Å². The van der Waals surface area contributed by atoms with Gasteiger partial charge in [0.15, 0.2) is 11.4 Å². The molecule has 0 unspecified atom stereocenters. The summed E-state index contributed by atoms with van der Waals surface area (Å²) in [4.78, 5) is 43.4. The number of aromatic nitrogens is 1. The number of amides is 1. The molecular weight excluding hydrogens is 618 g/mol. The summed E-state index contributed by atoms with van der Waals surface area (Å²) in [5.74, 6) is -1.07. The maximum absolute atomic E-state index is 13.8. The predicted molar refractivity (Wildman–Crippen MR) is 158 cm³/mol. The molecule has 3 aromatic carbocycles. The minimum Gasteiger partial charge on any atom is -0.481 e. The van der Waals surface area contributed by atoms with Gasteiger partial charge in [-0.05, 0) is 76.5 Å². The Bertz CT molecular complexity index is 1830. The number of aliphatic carboxylic acids is 1. The van der Waals surface area contributed by atoms with Crippen molar-refractivity contribution in [3.63, 3.8) is 0 Å². The molecule has 0 saturated heterocycles. The molecule has 0 radical (unpaired) electrons. The lowest BCUT2D eigenvalue weighted by molar-refractivity contribution is -0.139. The third-order valence-corrected chi connectivity index (χ3v) is 7.94. The Balaban J connectivity index is 1.60. The number of allylic oxidation sites excluding steroid dienone is 1. The van der Waals surface area contributed by atoms with Gasteiger partial charge in [0, 0.05) is 10.7 Å². The maximum Gasteiger partial charge on any atom is 0.341 e. The summed E-state index contributed by atoms with van der Waals surface area (Å²) >= 11 is 10.8. The molecule has 4 aromatic rings. The van der Waals surface area contributed by atoms with Gasteiger partial charge >= 0.3 is 5.97 Å². The number of halogens is 2. The molecule has 1 aliphatic rings. The number of nitrogens with one attached hydrogen (secondary N) is 1. The summed E-state index contributed by atoms with van der Waals surface area (Å²) in [7, 11) is 0. The Labute approximate surface area is 245 Å². The largest absolute Gasteiger partial charge is 0.481 e. The fraction of sp³-hybridized carbons (Fsp3) is 0.103. The van der Waals surface area contributed by atoms with Crippen LogP contribution >= 0.6 is 38.9 Å². The lowest BCUT2D eigenvalue weighted by Crippen LogP contribution is -2.40. The average molecular weight is 639 g/mol. The molecule has 0 bridgehead atoms. The van der Waals surface area contributed by atoms with Crippen LogP contribution in [0.4, 0.5) is 5.69 Å². The highest BCUT2D eigenvalue weighted by molar-refractivity contribution is 9.10. The minimum atomic E-state index is -1.08. The number of para-hydroxylation sites is 1. The van der Waals surface area contributed by atoms with E-state index < -0.39 is 18.6 Å². The molecule has 8 nitrogen and oxygen atoms in total. The van der Waals surface area contributed by atoms with Gasteiger partial charge in [-0.3, -0.25) is 14.2 Å². The smallest absolute Gasteiger partial charge is 0.341 e. The standard InChI is InChI=1S/C29H21BrClN3O5S/c1-16-25(27(37)33-20-5-3-2-4-6-20)26(18-8-10-19(31)11-9-18)34-28(38)23(40-29(34)32-16)14-17-7-12-22(21(30)13-17)39-15-24(35)36/h2-14,26H,15H2,1H3,(H,33,37)(H,35,36)/b23-14+/t26-/m1/s1. The normalized spacial score (nSPS) is 14.9. The van der Waals surface area contributed by atoms with E-state index in [1.807, 2.05) is 18.2 Å². The first-order valence-corrected chi connectivity index (χ1v) is 14.0. The van der Waals surface area contributed by atoms with Crippen molar-refractivity contribution >= 4 is 62.5 Å². The van der Waals surface area contributed by atoms with Crippen LogP contribution in [0.2, 0.25) is 5.02 Å². The van der Waals surface area contributed by atoms with Gasteiger partial charge in [0.25, 0.3) is 11.5 Å². The van der Waals surface area contributed by atoms with Crippen molar-refractivity contribution in [2.24, 2.45) is 4.99 Å². The number of benzene rings is 3. The second kappa shape index (κ2) is 11.6. The summed E-state index contributed by atoms with van der Waals surface area (Å²) in [5, 5.41) is 12.3. The molecule has 2 heterocycles. The molecular formula is C29H21BrClN3O5S. The van der Waals surface area contributed by atoms with Crippen LogP contribution in [0.3, 0.4) is 0 Å². The Morgan fingerprint density at radius 1 is 1.15 bits per heavy atom. The number of carboxylic acids is 1. The number of hydrogen-bond acceptors (Lipinski definition) is 6. The van der Waals surface area contributed by atoms with Crippen molar-refractivity contribution in [2.45, 2.75) is 13.0 Å². The summed E-state index contributed by atoms with van der Waals surface area (Å²) < 4.78 is 7.76. The molecule has 1 amide bonds. The monoisotopic (exact) mass is 637 g/mol. The highest BCUT2D eigenvalue weighted by Gasteiger charge is 2.32. The van der Waals surface area contributed by atoms with Crippen LogP contribution in [0.25, 0.3) is 6.08 Å². The highest BCUT2D eigenvalue weighted by atomic mass is 79.9. The first-order chi connectivity index (χ1) is 19.2. The van der Waals surface area contributed by atoms with Crippen LogP contribution in [0.15, 0.2) is 98.3 Å². The third kappa shape index (κ3) is 5.79. The fourth-order valence-electron chi connectivity index (χ4n) is 4.31. The molecule has 11 heteroatoms. The zero-order chi connectivity index (χ0) is 28.4. The predicted octanol–water partition coefficient (Wildman–Crippen LogP) is 4.75. The molecule has 0 spiro atoms. The van der Waals surface area contributed by atoms with E-state index in [1.54, 1.807) is 67.6 Å². The van der Waals surface area contributed by atoms with Crippen LogP contribution in [0.5, 0.6) is 5.75 Å². The van der Waals surface area contributed by atoms with Crippen molar-refractivity contribution in [2.75, 3.05) is 11.9 Å². The zero-order valence-electron chi connectivity index (χ0n) is 20.9. The quantitative estimate of drug-likeness (QED) is 0.304. The number of rotatable bonds is 7. The Hall–Kier alpha value is -3.99. The van der Waals surface area contributed by atoms with Crippen molar-refractivity contribution in [3.8, 4) is 5.75 Å². The molecule has 202 valence electrons. The van der Waals surface area contributed by atoms with Crippen molar-refractivity contribution in [1.29, 1.82) is 0 Å². The van der Waals surface area contributed by atoms with Crippen molar-refractivity contribution < 1.29 is 19.4 Å². The molecule has 1 atom stereocenters. The number of carbonyl (C=O) groups excluding carboxylic acids is 1. The Kier molecular flexibility index (Phi) is 8.02. The van der Waals surface area contributed by atoms with Crippen molar-refractivity contribution in [3.05, 3.63) is 124 Å². The summed E-state index contributed by atoms with van der Waals surface area (Å²) in [6.45, 7) is 1.29. The molecule has 1 aliphatic heterocycles. The van der Waals surface area contributed by atoms with Crippen molar-refractivity contribution in [1.82, 2.24) is 4.57 Å². The molecule has 1 aromatic heterocycles. The Morgan fingerprint density at radius 3 is 2.55 bits per heavy atom. The first-order valence-electron chi connectivity index (χ1n) is 12.0. The molecule has 2 N–H and O–H groups in total. The number of thiazole rings is 1. The zero-order valence-corrected chi connectivity index (χ0v) is 24.1. The van der Waals surface area contributed by atoms with Gasteiger partial charge in [-0.1, -0.05) is 59.3 Å². The van der Waals surface area contributed by atoms with Gasteiger partial charge in [0.2, 0.25) is 0 Å². The summed E-state index contributed by atoms with van der Waals surface area (Å²) in [5.41, 5.74) is 2.59. The van der Waals surface area contributed by atoms with Crippen LogP contribution in [-0.2, 0) is 9.59 Å². The van der Waals surface area contributed by atoms with Gasteiger partial charge in [-0.25, -0.2) is 9.79 Å². The second-order valence-electron chi connectivity index (χ2n) is 8.83. The molecule has 5 rings (SSSR count). The lowest BCUT2D eigenvalue weighted by atomic mass is 9.95. The molecule has 0 saturated carbocycles. The number of fused-ring (bicyclic) bond motifs is 1. The maximum atomic E-state index is 13.8. The number of carbonyl (C=O) groups is 2. The summed E-state index contributed by atoms with van der Waals surface area (Å²) in [6.07, 6.45) is 1.72. The van der Waals surface area contributed by atoms with Gasteiger partial charge in [-0.15, -0.1) is 0 Å². The second-order valence-corrected chi connectivity index (χ2v) is 11.1. The number of anilines is 1. The minimum absolute atomic E-state index is 0.302. The topological polar surface area (TPSA) is 110 Å². The van der Waals surface area contributed by atoms with E-state index in [0.717, 1.165) is 0 Å². The third-order valence-electron chi connectivity index (χ3n) is 6.09. The highest BCUT2D eigenvalue weighted by Crippen LogP contribution is 2.31. The average Bonchev–Trinajstić information content (AvgIpc) is 3.22. The van der Waals surface area contributed by atoms with E-state index in [9.17, 15) is 14.4 Å². The summed E-state index contributed by atoms with van der Waals surface area (Å²) in [6, 6.07) is 20.5. The van der Waals surface area contributed by atoms with E-state index in [0.29, 0.717) is 52.7 Å². The lowest BCUT2D eigenvalue weighted by Gasteiger charge is -2.25. The van der Waals surface area contributed by atoms with Crippen LogP contribution in [0, 0.1) is 0 Å². The fourth-order valence-corrected chi connectivity index (χ4v) is 5.99.